The number of carbonyl (C=O) groups excluding carboxylic acids is 2. The molecule has 0 saturated carbocycles. The molecule has 0 aliphatic carbocycles. The van der Waals surface area contributed by atoms with Gasteiger partial charge in [-0.1, -0.05) is 84.1 Å². The summed E-state index contributed by atoms with van der Waals surface area (Å²) >= 11 is 0. The summed E-state index contributed by atoms with van der Waals surface area (Å²) in [7, 11) is 0. The van der Waals surface area contributed by atoms with E-state index in [1.807, 2.05) is 0 Å². The highest BCUT2D eigenvalue weighted by molar-refractivity contribution is 5.91. The predicted octanol–water partition coefficient (Wildman–Crippen LogP) is 6.46. The van der Waals surface area contributed by atoms with E-state index >= 15 is 0 Å². The van der Waals surface area contributed by atoms with Gasteiger partial charge in [0.1, 0.15) is 11.6 Å². The summed E-state index contributed by atoms with van der Waals surface area (Å²) in [5.41, 5.74) is 0. The minimum absolute atomic E-state index is 0.0152. The number of rotatable bonds is 16. The molecule has 1 heterocycles. The van der Waals surface area contributed by atoms with Gasteiger partial charge in [-0.2, -0.15) is 0 Å². The number of pyridine rings is 1. The van der Waals surface area contributed by atoms with Crippen molar-refractivity contribution in [3.63, 3.8) is 0 Å². The highest BCUT2D eigenvalue weighted by atomic mass is 16.2. The van der Waals surface area contributed by atoms with E-state index in [1.165, 1.54) is 51.4 Å². The fraction of sp³-hybridized carbons (Fsp3) is 0.696. The summed E-state index contributed by atoms with van der Waals surface area (Å²) in [5.74, 6) is 0.957. The molecule has 0 radical (unpaired) electrons. The van der Waals surface area contributed by atoms with Gasteiger partial charge in [0.15, 0.2) is 0 Å². The molecule has 28 heavy (non-hydrogen) atoms. The van der Waals surface area contributed by atoms with Gasteiger partial charge in [0, 0.05) is 12.8 Å². The van der Waals surface area contributed by atoms with Crippen LogP contribution in [0.5, 0.6) is 0 Å². The van der Waals surface area contributed by atoms with Crippen LogP contribution in [0.3, 0.4) is 0 Å². The van der Waals surface area contributed by atoms with Crippen molar-refractivity contribution in [1.29, 1.82) is 0 Å². The van der Waals surface area contributed by atoms with E-state index in [1.54, 1.807) is 18.2 Å². The first-order valence-corrected chi connectivity index (χ1v) is 11.2. The molecule has 0 saturated heterocycles. The zero-order valence-electron chi connectivity index (χ0n) is 17.9. The zero-order chi connectivity index (χ0) is 20.5. The lowest BCUT2D eigenvalue weighted by Gasteiger charge is -2.08. The molecule has 158 valence electrons. The lowest BCUT2D eigenvalue weighted by atomic mass is 10.1. The monoisotopic (exact) mass is 389 g/mol. The van der Waals surface area contributed by atoms with Gasteiger partial charge in [0.25, 0.3) is 0 Å². The summed E-state index contributed by atoms with van der Waals surface area (Å²) in [6.07, 6.45) is 14.9. The molecule has 0 aromatic carbocycles. The van der Waals surface area contributed by atoms with Crippen LogP contribution >= 0.6 is 0 Å². The van der Waals surface area contributed by atoms with Crippen LogP contribution in [0.25, 0.3) is 0 Å². The summed E-state index contributed by atoms with van der Waals surface area (Å²) in [6, 6.07) is 5.30. The number of aromatic nitrogens is 1. The molecule has 0 unspecified atom stereocenters. The molecule has 1 aromatic rings. The number of anilines is 2. The summed E-state index contributed by atoms with van der Waals surface area (Å²) in [6.45, 7) is 4.40. The third-order valence-electron chi connectivity index (χ3n) is 4.80. The van der Waals surface area contributed by atoms with Gasteiger partial charge in [-0.3, -0.25) is 9.59 Å². The second-order valence-corrected chi connectivity index (χ2v) is 7.54. The van der Waals surface area contributed by atoms with Crippen molar-refractivity contribution in [1.82, 2.24) is 4.98 Å². The smallest absolute Gasteiger partial charge is 0.225 e. The first kappa shape index (κ1) is 24.1. The molecule has 0 fully saturated rings. The molecule has 1 aromatic heterocycles. The minimum atomic E-state index is -0.0152. The van der Waals surface area contributed by atoms with Crippen molar-refractivity contribution in [2.24, 2.45) is 0 Å². The molecule has 2 amide bonds. The Hall–Kier alpha value is -1.91. The Morgan fingerprint density at radius 2 is 1.07 bits per heavy atom. The molecule has 2 N–H and O–H groups in total. The van der Waals surface area contributed by atoms with E-state index in [4.69, 9.17) is 0 Å². The molecule has 0 aliphatic rings. The van der Waals surface area contributed by atoms with Crippen LogP contribution < -0.4 is 10.6 Å². The number of carbonyl (C=O) groups is 2. The van der Waals surface area contributed by atoms with Crippen LogP contribution in [-0.4, -0.2) is 16.8 Å². The second-order valence-electron chi connectivity index (χ2n) is 7.54. The molecule has 5 heteroatoms. The maximum absolute atomic E-state index is 12.0. The standard InChI is InChI=1S/C23H39N3O2/c1-3-5-7-9-11-13-18-22(27)25-20-16-15-17-21(24-20)26-23(28)19-14-12-10-8-6-4-2/h15-17H,3-14,18-19H2,1-2H3,(H2,24,25,26,27,28). The third-order valence-corrected chi connectivity index (χ3v) is 4.80. The van der Waals surface area contributed by atoms with Crippen LogP contribution in [-0.2, 0) is 9.59 Å². The first-order chi connectivity index (χ1) is 13.7. The molecule has 0 bridgehead atoms. The van der Waals surface area contributed by atoms with E-state index in [0.717, 1.165) is 25.7 Å². The SMILES string of the molecule is CCCCCCCCC(=O)Nc1cccc(NC(=O)CCCCCCCC)n1. The van der Waals surface area contributed by atoms with Crippen molar-refractivity contribution >= 4 is 23.5 Å². The average molecular weight is 390 g/mol. The number of nitrogens with one attached hydrogen (secondary N) is 2. The second kappa shape index (κ2) is 16.1. The fourth-order valence-corrected chi connectivity index (χ4v) is 3.12. The normalized spacial score (nSPS) is 10.6. The van der Waals surface area contributed by atoms with Crippen molar-refractivity contribution < 1.29 is 9.59 Å². The van der Waals surface area contributed by atoms with Crippen molar-refractivity contribution in [2.45, 2.75) is 104 Å². The Kier molecular flexibility index (Phi) is 13.9. The van der Waals surface area contributed by atoms with Crippen LogP contribution in [0.4, 0.5) is 11.6 Å². The topological polar surface area (TPSA) is 71.1 Å². The van der Waals surface area contributed by atoms with E-state index in [9.17, 15) is 9.59 Å². The van der Waals surface area contributed by atoms with E-state index in [-0.39, 0.29) is 11.8 Å². The van der Waals surface area contributed by atoms with Gasteiger partial charge in [-0.05, 0) is 25.0 Å². The summed E-state index contributed by atoms with van der Waals surface area (Å²) < 4.78 is 0. The van der Waals surface area contributed by atoms with Crippen LogP contribution in [0.1, 0.15) is 104 Å². The van der Waals surface area contributed by atoms with Crippen LogP contribution in [0.15, 0.2) is 18.2 Å². The molecule has 0 spiro atoms. The lowest BCUT2D eigenvalue weighted by molar-refractivity contribution is -0.117. The molecular weight excluding hydrogens is 350 g/mol. The Morgan fingerprint density at radius 1 is 0.679 bits per heavy atom. The van der Waals surface area contributed by atoms with Crippen molar-refractivity contribution in [2.75, 3.05) is 10.6 Å². The summed E-state index contributed by atoms with van der Waals surface area (Å²) in [5, 5.41) is 5.66. The predicted molar refractivity (Wildman–Crippen MR) is 117 cm³/mol. The molecule has 0 atom stereocenters. The highest BCUT2D eigenvalue weighted by Crippen LogP contribution is 2.13. The quantitative estimate of drug-likeness (QED) is 0.319. The molecule has 0 aliphatic heterocycles. The number of hydrogen-bond donors (Lipinski definition) is 2. The van der Waals surface area contributed by atoms with Crippen LogP contribution in [0.2, 0.25) is 0 Å². The van der Waals surface area contributed by atoms with Crippen LogP contribution in [0, 0.1) is 0 Å². The van der Waals surface area contributed by atoms with E-state index in [0.29, 0.717) is 24.5 Å². The van der Waals surface area contributed by atoms with Gasteiger partial charge in [-0.25, -0.2) is 4.98 Å². The largest absolute Gasteiger partial charge is 0.311 e. The first-order valence-electron chi connectivity index (χ1n) is 11.2. The number of amides is 2. The summed E-state index contributed by atoms with van der Waals surface area (Å²) in [4.78, 5) is 28.4. The van der Waals surface area contributed by atoms with Gasteiger partial charge in [-0.15, -0.1) is 0 Å². The number of unbranched alkanes of at least 4 members (excludes halogenated alkanes) is 10. The molecular formula is C23H39N3O2. The van der Waals surface area contributed by atoms with Gasteiger partial charge < -0.3 is 10.6 Å². The van der Waals surface area contributed by atoms with Gasteiger partial charge in [0.2, 0.25) is 11.8 Å². The Morgan fingerprint density at radius 3 is 1.50 bits per heavy atom. The third kappa shape index (κ3) is 12.5. The minimum Gasteiger partial charge on any atom is -0.311 e. The van der Waals surface area contributed by atoms with E-state index < -0.39 is 0 Å². The zero-order valence-corrected chi connectivity index (χ0v) is 17.9. The highest BCUT2D eigenvalue weighted by Gasteiger charge is 2.07. The number of hydrogen-bond acceptors (Lipinski definition) is 3. The Balaban J connectivity index is 2.25. The Bertz CT molecular complexity index is 515. The average Bonchev–Trinajstić information content (AvgIpc) is 2.67. The van der Waals surface area contributed by atoms with Gasteiger partial charge >= 0.3 is 0 Å². The molecule has 1 rings (SSSR count). The number of nitrogens with zero attached hydrogens (tertiary/aromatic N) is 1. The van der Waals surface area contributed by atoms with Gasteiger partial charge in [0.05, 0.1) is 0 Å². The maximum atomic E-state index is 12.0. The van der Waals surface area contributed by atoms with E-state index in [2.05, 4.69) is 29.5 Å². The fourth-order valence-electron chi connectivity index (χ4n) is 3.12. The molecule has 5 nitrogen and oxygen atoms in total. The van der Waals surface area contributed by atoms with Crippen molar-refractivity contribution in [3.8, 4) is 0 Å². The van der Waals surface area contributed by atoms with Crippen molar-refractivity contribution in [3.05, 3.63) is 18.2 Å². The Labute approximate surface area is 171 Å². The lowest BCUT2D eigenvalue weighted by Crippen LogP contribution is -2.15. The maximum Gasteiger partial charge on any atom is 0.225 e.